The molecule has 5 rings (SSSR count). The van der Waals surface area contributed by atoms with E-state index in [9.17, 15) is 18.0 Å². The van der Waals surface area contributed by atoms with Crippen LogP contribution in [0.15, 0.2) is 72.8 Å². The van der Waals surface area contributed by atoms with Crippen LogP contribution >= 0.6 is 12.2 Å². The topological polar surface area (TPSA) is 105 Å². The molecule has 0 unspecified atom stereocenters. The van der Waals surface area contributed by atoms with Gasteiger partial charge in [-0.1, -0.05) is 56.3 Å². The first-order chi connectivity index (χ1) is 20.6. The fraction of sp³-hybridized carbons (Fsp3) is 0.267. The smallest absolute Gasteiger partial charge is 0.406 e. The molecule has 9 nitrogen and oxygen atoms in total. The van der Waals surface area contributed by atoms with Crippen LogP contribution in [0.1, 0.15) is 43.7 Å². The molecule has 1 aromatic heterocycles. The van der Waals surface area contributed by atoms with Crippen molar-refractivity contribution in [2.75, 3.05) is 10.6 Å². The number of alkyl halides is 3. The minimum absolute atomic E-state index is 0.0791. The van der Waals surface area contributed by atoms with E-state index in [1.807, 2.05) is 42.5 Å². The van der Waals surface area contributed by atoms with Gasteiger partial charge in [0.1, 0.15) is 5.75 Å². The van der Waals surface area contributed by atoms with Crippen molar-refractivity contribution in [1.82, 2.24) is 25.6 Å². The van der Waals surface area contributed by atoms with Crippen LogP contribution in [-0.4, -0.2) is 32.1 Å². The van der Waals surface area contributed by atoms with Gasteiger partial charge in [0, 0.05) is 23.7 Å². The van der Waals surface area contributed by atoms with Crippen molar-refractivity contribution in [2.45, 2.75) is 45.5 Å². The first kappa shape index (κ1) is 30.0. The second-order valence-electron chi connectivity index (χ2n) is 10.3. The molecule has 3 aromatic carbocycles. The van der Waals surface area contributed by atoms with E-state index in [-0.39, 0.29) is 23.5 Å². The number of hydrogen-bond acceptors (Lipinski definition) is 6. The van der Waals surface area contributed by atoms with E-state index in [0.717, 1.165) is 24.1 Å². The quantitative estimate of drug-likeness (QED) is 0.123. The molecule has 0 spiro atoms. The highest BCUT2D eigenvalue weighted by molar-refractivity contribution is 7.80. The SMILES string of the molecule is CC(C)c1ccccc1NC(=S)NNCc1ccc(-c2nc(NC(=O)C3CC3)n(-c3ccc(OC(F)(F)F)cc3)n2)cc1. The molecular formula is C30H30F3N7O2S. The number of anilines is 2. The lowest BCUT2D eigenvalue weighted by Crippen LogP contribution is -2.39. The maximum atomic E-state index is 12.6. The fourth-order valence-corrected chi connectivity index (χ4v) is 4.49. The normalized spacial score (nSPS) is 13.1. The van der Waals surface area contributed by atoms with Gasteiger partial charge < -0.3 is 10.1 Å². The molecule has 0 atom stereocenters. The number of thiocarbonyl (C=S) groups is 1. The van der Waals surface area contributed by atoms with Crippen LogP contribution in [-0.2, 0) is 11.3 Å². The van der Waals surface area contributed by atoms with Crippen LogP contribution in [0.2, 0.25) is 0 Å². The summed E-state index contributed by atoms with van der Waals surface area (Å²) in [5, 5.41) is 11.0. The van der Waals surface area contributed by atoms with Crippen LogP contribution in [0.25, 0.3) is 17.1 Å². The second kappa shape index (κ2) is 12.8. The van der Waals surface area contributed by atoms with Crippen LogP contribution in [0, 0.1) is 5.92 Å². The van der Waals surface area contributed by atoms with Gasteiger partial charge in [0.15, 0.2) is 10.9 Å². The highest BCUT2D eigenvalue weighted by Gasteiger charge is 2.32. The molecule has 1 fully saturated rings. The number of hydrazine groups is 1. The van der Waals surface area contributed by atoms with Crippen LogP contribution in [0.4, 0.5) is 24.8 Å². The van der Waals surface area contributed by atoms with E-state index in [4.69, 9.17) is 12.2 Å². The molecule has 4 aromatic rings. The minimum Gasteiger partial charge on any atom is -0.406 e. The first-order valence-corrected chi connectivity index (χ1v) is 14.1. The number of nitrogens with one attached hydrogen (secondary N) is 4. The fourth-order valence-electron chi connectivity index (χ4n) is 4.31. The summed E-state index contributed by atoms with van der Waals surface area (Å²) in [7, 11) is 0. The molecule has 0 aliphatic heterocycles. The number of nitrogens with zero attached hydrogens (tertiary/aromatic N) is 3. The lowest BCUT2D eigenvalue weighted by Gasteiger charge is -2.16. The Hall–Kier alpha value is -4.49. The van der Waals surface area contributed by atoms with Crippen LogP contribution in [0.5, 0.6) is 5.75 Å². The highest BCUT2D eigenvalue weighted by Crippen LogP contribution is 2.31. The third kappa shape index (κ3) is 8.08. The number of aromatic nitrogens is 3. The molecule has 0 saturated heterocycles. The van der Waals surface area contributed by atoms with Crippen molar-refractivity contribution in [1.29, 1.82) is 0 Å². The molecule has 224 valence electrons. The van der Waals surface area contributed by atoms with E-state index in [0.29, 0.717) is 34.7 Å². The molecule has 4 N–H and O–H groups in total. The number of hydrogen-bond donors (Lipinski definition) is 4. The van der Waals surface area contributed by atoms with Gasteiger partial charge in [-0.15, -0.1) is 18.3 Å². The number of benzene rings is 3. The summed E-state index contributed by atoms with van der Waals surface area (Å²) in [6.07, 6.45) is -3.20. The Bertz CT molecular complexity index is 1580. The molecule has 13 heteroatoms. The second-order valence-corrected chi connectivity index (χ2v) is 10.8. The first-order valence-electron chi connectivity index (χ1n) is 13.7. The molecule has 0 radical (unpaired) electrons. The summed E-state index contributed by atoms with van der Waals surface area (Å²) in [6, 6.07) is 20.7. The lowest BCUT2D eigenvalue weighted by atomic mass is 10.0. The molecule has 1 amide bonds. The van der Waals surface area contributed by atoms with E-state index in [1.165, 1.54) is 34.5 Å². The zero-order valence-corrected chi connectivity index (χ0v) is 24.2. The van der Waals surface area contributed by atoms with Gasteiger partial charge in [0.25, 0.3) is 0 Å². The predicted molar refractivity (Wildman–Crippen MR) is 162 cm³/mol. The van der Waals surface area contributed by atoms with Crippen molar-refractivity contribution in [3.8, 4) is 22.8 Å². The molecule has 1 saturated carbocycles. The predicted octanol–water partition coefficient (Wildman–Crippen LogP) is 6.30. The van der Waals surface area contributed by atoms with Gasteiger partial charge in [-0.2, -0.15) is 9.67 Å². The standard InChI is InChI=1S/C30H30F3N7O2S/c1-18(2)24-5-3-4-6-25(24)35-29(43)38-34-17-19-7-9-20(10-8-19)26-36-28(37-27(41)21-11-12-21)40(39-26)22-13-15-23(16-14-22)42-30(31,32)33/h3-10,13-16,18,21,34H,11-12,17H2,1-2H3,(H2,35,38,43)(H,36,37,39,41). The summed E-state index contributed by atoms with van der Waals surface area (Å²) in [6.45, 7) is 4.72. The van der Waals surface area contributed by atoms with Gasteiger partial charge in [0.2, 0.25) is 11.9 Å². The number of carbonyl (C=O) groups is 1. The van der Waals surface area contributed by atoms with Crippen molar-refractivity contribution >= 4 is 34.9 Å². The monoisotopic (exact) mass is 609 g/mol. The van der Waals surface area contributed by atoms with Crippen LogP contribution in [0.3, 0.4) is 0 Å². The molecule has 0 bridgehead atoms. The Labute approximate surface area is 251 Å². The summed E-state index contributed by atoms with van der Waals surface area (Å²) >= 11 is 5.43. The summed E-state index contributed by atoms with van der Waals surface area (Å²) in [5.74, 6) is 0.245. The highest BCUT2D eigenvalue weighted by atomic mass is 32.1. The largest absolute Gasteiger partial charge is 0.573 e. The van der Waals surface area contributed by atoms with Crippen molar-refractivity contribution < 1.29 is 22.7 Å². The third-order valence-electron chi connectivity index (χ3n) is 6.64. The Morgan fingerprint density at radius 3 is 2.37 bits per heavy atom. The van der Waals surface area contributed by atoms with Gasteiger partial charge >= 0.3 is 6.36 Å². The van der Waals surface area contributed by atoms with E-state index in [1.54, 1.807) is 0 Å². The summed E-state index contributed by atoms with van der Waals surface area (Å²) in [4.78, 5) is 17.0. The Kier molecular flexibility index (Phi) is 8.92. The van der Waals surface area contributed by atoms with Crippen molar-refractivity contribution in [2.24, 2.45) is 5.92 Å². The number of ether oxygens (including phenoxy) is 1. The number of amides is 1. The zero-order valence-electron chi connectivity index (χ0n) is 23.4. The summed E-state index contributed by atoms with van der Waals surface area (Å²) < 4.78 is 43.1. The van der Waals surface area contributed by atoms with Gasteiger partial charge in [0.05, 0.1) is 5.69 Å². The number of rotatable bonds is 10. The average molecular weight is 610 g/mol. The molecule has 1 aliphatic carbocycles. The van der Waals surface area contributed by atoms with Crippen molar-refractivity contribution in [3.63, 3.8) is 0 Å². The Morgan fingerprint density at radius 2 is 1.72 bits per heavy atom. The molecule has 43 heavy (non-hydrogen) atoms. The zero-order chi connectivity index (χ0) is 30.6. The summed E-state index contributed by atoms with van der Waals surface area (Å²) in [5.41, 5.74) is 10.3. The number of halogens is 3. The van der Waals surface area contributed by atoms with Crippen molar-refractivity contribution in [3.05, 3.63) is 83.9 Å². The van der Waals surface area contributed by atoms with Gasteiger partial charge in [-0.3, -0.25) is 15.5 Å². The molecule has 1 heterocycles. The van der Waals surface area contributed by atoms with Gasteiger partial charge in [-0.25, -0.2) is 5.43 Å². The van der Waals surface area contributed by atoms with E-state index in [2.05, 4.69) is 56.2 Å². The Balaban J connectivity index is 1.25. The maximum Gasteiger partial charge on any atom is 0.573 e. The lowest BCUT2D eigenvalue weighted by molar-refractivity contribution is -0.274. The number of para-hydroxylation sites is 1. The molecule has 1 aliphatic rings. The van der Waals surface area contributed by atoms with E-state index < -0.39 is 6.36 Å². The maximum absolute atomic E-state index is 12.6. The van der Waals surface area contributed by atoms with Crippen LogP contribution < -0.4 is 26.2 Å². The third-order valence-corrected chi connectivity index (χ3v) is 6.85. The minimum atomic E-state index is -4.80. The number of carbonyl (C=O) groups excluding carboxylic acids is 1. The average Bonchev–Trinajstić information content (AvgIpc) is 3.74. The van der Waals surface area contributed by atoms with E-state index >= 15 is 0 Å². The van der Waals surface area contributed by atoms with Gasteiger partial charge in [-0.05, 0) is 72.4 Å². The Morgan fingerprint density at radius 1 is 1.02 bits per heavy atom. The molecular weight excluding hydrogens is 579 g/mol.